The molecular formula is C24H14F3N5O2. The molecule has 0 amide bonds. The van der Waals surface area contributed by atoms with Crippen LogP contribution in [0.1, 0.15) is 11.1 Å². The number of amidine groups is 1. The molecule has 0 bridgehead atoms. The summed E-state index contributed by atoms with van der Waals surface area (Å²) in [4.78, 5) is 15.7. The lowest BCUT2D eigenvalue weighted by molar-refractivity contribution is 0.261. The van der Waals surface area contributed by atoms with Crippen LogP contribution in [0.4, 0.5) is 13.2 Å². The molecule has 7 nitrogen and oxygen atoms in total. The van der Waals surface area contributed by atoms with Crippen LogP contribution < -0.4 is 10.5 Å². The number of ether oxygens (including phenoxy) is 2. The standard InChI is InChI=1S/C24H14F3N5O2/c25-19-9-13(5-7-29-19)17-10-16-20(22(27)31-17)34-18-4-3-12(14-2-1-6-30-21(14)26)8-15(18)24(16)11-33-23(28)32-24/h1-10H,11H2,(H2,28,32)/t24-/m0/s1. The van der Waals surface area contributed by atoms with Crippen LogP contribution in [0, 0.1) is 17.8 Å². The Hall–Kier alpha value is -4.47. The summed E-state index contributed by atoms with van der Waals surface area (Å²) < 4.78 is 54.7. The van der Waals surface area contributed by atoms with Gasteiger partial charge in [-0.3, -0.25) is 0 Å². The van der Waals surface area contributed by atoms with Crippen molar-refractivity contribution in [1.29, 1.82) is 0 Å². The summed E-state index contributed by atoms with van der Waals surface area (Å²) in [5, 5.41) is 0. The van der Waals surface area contributed by atoms with Gasteiger partial charge in [0.15, 0.2) is 11.3 Å². The lowest BCUT2D eigenvalue weighted by Gasteiger charge is -2.33. The minimum atomic E-state index is -1.29. The number of hydrogen-bond acceptors (Lipinski definition) is 7. The van der Waals surface area contributed by atoms with E-state index in [1.807, 2.05) is 0 Å². The van der Waals surface area contributed by atoms with Crippen LogP contribution in [0.2, 0.25) is 0 Å². The largest absolute Gasteiger partial charge is 0.462 e. The third kappa shape index (κ3) is 2.99. The monoisotopic (exact) mass is 461 g/mol. The molecule has 1 aromatic carbocycles. The van der Waals surface area contributed by atoms with E-state index in [9.17, 15) is 8.78 Å². The predicted molar refractivity (Wildman–Crippen MR) is 115 cm³/mol. The first-order valence-corrected chi connectivity index (χ1v) is 10.2. The fraction of sp³-hybridized carbons (Fsp3) is 0.0833. The molecule has 0 saturated heterocycles. The van der Waals surface area contributed by atoms with Crippen molar-refractivity contribution in [3.8, 4) is 33.9 Å². The normalized spacial score (nSPS) is 18.0. The van der Waals surface area contributed by atoms with Gasteiger partial charge >= 0.3 is 0 Å². The number of aromatic nitrogens is 3. The Labute approximate surface area is 190 Å². The first kappa shape index (κ1) is 20.2. The van der Waals surface area contributed by atoms with E-state index < -0.39 is 23.4 Å². The topological polar surface area (TPSA) is 95.5 Å². The molecule has 2 aliphatic heterocycles. The van der Waals surface area contributed by atoms with Gasteiger partial charge in [0.05, 0.1) is 5.69 Å². The van der Waals surface area contributed by atoms with Crippen molar-refractivity contribution in [2.75, 3.05) is 6.61 Å². The molecule has 0 fully saturated rings. The van der Waals surface area contributed by atoms with Gasteiger partial charge < -0.3 is 15.2 Å². The summed E-state index contributed by atoms with van der Waals surface area (Å²) in [6.07, 6.45) is 2.61. The van der Waals surface area contributed by atoms with E-state index >= 15 is 4.39 Å². The van der Waals surface area contributed by atoms with Gasteiger partial charge in [0.25, 0.3) is 12.0 Å². The number of nitrogens with zero attached hydrogens (tertiary/aromatic N) is 4. The molecule has 10 heteroatoms. The zero-order chi connectivity index (χ0) is 23.4. The molecule has 4 aromatic rings. The summed E-state index contributed by atoms with van der Waals surface area (Å²) in [5.74, 6) is -2.13. The highest BCUT2D eigenvalue weighted by Crippen LogP contribution is 2.52. The number of benzene rings is 1. The van der Waals surface area contributed by atoms with Gasteiger partial charge in [-0.05, 0) is 42.0 Å². The Morgan fingerprint density at radius 3 is 2.53 bits per heavy atom. The molecule has 1 atom stereocenters. The van der Waals surface area contributed by atoms with Gasteiger partial charge in [0, 0.05) is 40.7 Å². The number of rotatable bonds is 2. The number of hydrogen-bond donors (Lipinski definition) is 1. The number of halogens is 3. The van der Waals surface area contributed by atoms with Crippen LogP contribution in [0.25, 0.3) is 22.4 Å². The van der Waals surface area contributed by atoms with Gasteiger partial charge in [-0.1, -0.05) is 6.07 Å². The van der Waals surface area contributed by atoms with E-state index in [1.165, 1.54) is 18.5 Å². The van der Waals surface area contributed by atoms with E-state index in [2.05, 4.69) is 19.9 Å². The van der Waals surface area contributed by atoms with E-state index in [4.69, 9.17) is 15.2 Å². The predicted octanol–water partition coefficient (Wildman–Crippen LogP) is 4.32. The van der Waals surface area contributed by atoms with Gasteiger partial charge in [0.2, 0.25) is 11.9 Å². The molecule has 0 unspecified atom stereocenters. The van der Waals surface area contributed by atoms with E-state index in [0.717, 1.165) is 6.07 Å². The average Bonchev–Trinajstić information content (AvgIpc) is 3.22. The summed E-state index contributed by atoms with van der Waals surface area (Å²) in [7, 11) is 0. The minimum Gasteiger partial charge on any atom is -0.462 e. The highest BCUT2D eigenvalue weighted by Gasteiger charge is 2.48. The third-order valence-electron chi connectivity index (χ3n) is 5.84. The van der Waals surface area contributed by atoms with Crippen LogP contribution in [0.5, 0.6) is 11.5 Å². The zero-order valence-corrected chi connectivity index (χ0v) is 17.3. The molecule has 6 rings (SSSR count). The maximum absolute atomic E-state index is 15.2. The molecule has 34 heavy (non-hydrogen) atoms. The average molecular weight is 461 g/mol. The van der Waals surface area contributed by atoms with Crippen molar-refractivity contribution in [2.45, 2.75) is 5.54 Å². The summed E-state index contributed by atoms with van der Waals surface area (Å²) >= 11 is 0. The van der Waals surface area contributed by atoms with Crippen LogP contribution in [-0.2, 0) is 10.3 Å². The van der Waals surface area contributed by atoms with E-state index in [1.54, 1.807) is 36.4 Å². The molecule has 0 aliphatic carbocycles. The molecule has 3 aromatic heterocycles. The van der Waals surface area contributed by atoms with E-state index in [-0.39, 0.29) is 29.6 Å². The minimum absolute atomic E-state index is 0.0469. The van der Waals surface area contributed by atoms with Crippen molar-refractivity contribution < 1.29 is 22.6 Å². The van der Waals surface area contributed by atoms with Crippen molar-refractivity contribution in [3.63, 3.8) is 0 Å². The third-order valence-corrected chi connectivity index (χ3v) is 5.84. The van der Waals surface area contributed by atoms with E-state index in [0.29, 0.717) is 28.0 Å². The Balaban J connectivity index is 1.59. The Kier molecular flexibility index (Phi) is 4.31. The fourth-order valence-electron chi connectivity index (χ4n) is 4.29. The second-order valence-electron chi connectivity index (χ2n) is 7.80. The maximum atomic E-state index is 15.2. The molecule has 5 heterocycles. The van der Waals surface area contributed by atoms with Crippen molar-refractivity contribution in [1.82, 2.24) is 15.0 Å². The van der Waals surface area contributed by atoms with Crippen LogP contribution in [-0.4, -0.2) is 27.6 Å². The second kappa shape index (κ2) is 7.27. The number of fused-ring (bicyclic) bond motifs is 4. The Morgan fingerprint density at radius 1 is 0.882 bits per heavy atom. The first-order valence-electron chi connectivity index (χ1n) is 10.2. The lowest BCUT2D eigenvalue weighted by atomic mass is 9.80. The van der Waals surface area contributed by atoms with Crippen LogP contribution in [0.15, 0.2) is 65.9 Å². The van der Waals surface area contributed by atoms with Gasteiger partial charge in [-0.25, -0.2) is 19.9 Å². The summed E-state index contributed by atoms with van der Waals surface area (Å²) in [6.45, 7) is -0.0469. The van der Waals surface area contributed by atoms with Crippen LogP contribution in [0.3, 0.4) is 0 Å². The fourth-order valence-corrected chi connectivity index (χ4v) is 4.29. The molecule has 0 radical (unpaired) electrons. The molecule has 2 aliphatic rings. The highest BCUT2D eigenvalue weighted by atomic mass is 19.1. The van der Waals surface area contributed by atoms with Gasteiger partial charge in [-0.2, -0.15) is 13.2 Å². The Morgan fingerprint density at radius 2 is 1.76 bits per heavy atom. The second-order valence-corrected chi connectivity index (χ2v) is 7.80. The highest BCUT2D eigenvalue weighted by molar-refractivity contribution is 5.78. The number of nitrogens with two attached hydrogens (primary N) is 1. The van der Waals surface area contributed by atoms with Crippen molar-refractivity contribution >= 4 is 6.02 Å². The van der Waals surface area contributed by atoms with Crippen LogP contribution >= 0.6 is 0 Å². The SMILES string of the molecule is NC1=N[C@@]2(CO1)c1cc(-c3cccnc3F)ccc1Oc1c2cc(-c2ccnc(F)c2)nc1F. The summed E-state index contributed by atoms with van der Waals surface area (Å²) in [5.41, 5.74) is 6.65. The molecule has 0 saturated carbocycles. The smallest absolute Gasteiger partial charge is 0.283 e. The van der Waals surface area contributed by atoms with Crippen molar-refractivity contribution in [2.24, 2.45) is 10.7 Å². The molecule has 168 valence electrons. The van der Waals surface area contributed by atoms with Crippen molar-refractivity contribution in [3.05, 3.63) is 89.9 Å². The number of pyridine rings is 3. The van der Waals surface area contributed by atoms with Gasteiger partial charge in [-0.15, -0.1) is 0 Å². The molecule has 2 N–H and O–H groups in total. The maximum Gasteiger partial charge on any atom is 0.283 e. The lowest BCUT2D eigenvalue weighted by Crippen LogP contribution is -2.32. The Bertz CT molecular complexity index is 1510. The first-order chi connectivity index (χ1) is 16.4. The number of aliphatic imine (C=N–C) groups is 1. The van der Waals surface area contributed by atoms with Gasteiger partial charge in [0.1, 0.15) is 12.4 Å². The quantitative estimate of drug-likeness (QED) is 0.447. The molecular weight excluding hydrogens is 447 g/mol. The zero-order valence-electron chi connectivity index (χ0n) is 17.3. The summed E-state index contributed by atoms with van der Waals surface area (Å²) in [6, 6.07) is 12.2. The molecule has 1 spiro atoms.